The zero-order valence-electron chi connectivity index (χ0n) is 14.5. The van der Waals surface area contributed by atoms with Gasteiger partial charge in [0.1, 0.15) is 18.1 Å². The van der Waals surface area contributed by atoms with Crippen LogP contribution in [-0.4, -0.2) is 36.9 Å². The summed E-state index contributed by atoms with van der Waals surface area (Å²) < 4.78 is 17.2. The quantitative estimate of drug-likeness (QED) is 0.606. The van der Waals surface area contributed by atoms with Crippen molar-refractivity contribution in [3.05, 3.63) is 30.9 Å². The van der Waals surface area contributed by atoms with Crippen LogP contribution < -0.4 is 78.4 Å². The summed E-state index contributed by atoms with van der Waals surface area (Å²) in [5, 5.41) is 0. The normalized spacial score (nSPS) is 27.7. The molecule has 1 aromatic carbocycles. The van der Waals surface area contributed by atoms with E-state index in [1.807, 2.05) is 30.9 Å². The van der Waals surface area contributed by atoms with Crippen molar-refractivity contribution in [1.82, 2.24) is 4.90 Å². The van der Waals surface area contributed by atoms with Gasteiger partial charge >= 0.3 is 68.9 Å². The molecule has 1 aromatic rings. The molecule has 2 heterocycles. The predicted octanol–water partition coefficient (Wildman–Crippen LogP) is 0.477. The van der Waals surface area contributed by atoms with Crippen LogP contribution >= 0.6 is 0 Å². The molecule has 3 rings (SSSR count). The molecule has 0 amide bonds. The average Bonchev–Trinajstić information content (AvgIpc) is 3.09. The van der Waals surface area contributed by atoms with E-state index < -0.39 is 0 Å². The van der Waals surface area contributed by atoms with Gasteiger partial charge in [0.25, 0.3) is 0 Å². The first-order valence-electron chi connectivity index (χ1n) is 8.33. The van der Waals surface area contributed by atoms with Gasteiger partial charge in [-0.05, 0) is 44.9 Å². The standard InChI is InChI=1S/C18H26NO3.Cs/c1-14-11-18(21-13-14)22-17-7-3-6-16(12-17)20-10-9-19-8-4-5-15(19)2;/h3,6-7,12-15,18H,4-5,8-11H2,1-2H3;/q-1;+1/t14-,15?,18?;/m1./s1. The number of benzene rings is 1. The molecule has 0 N–H and O–H groups in total. The summed E-state index contributed by atoms with van der Waals surface area (Å²) in [6.45, 7) is 9.18. The summed E-state index contributed by atoms with van der Waals surface area (Å²) in [5.41, 5.74) is 0. The minimum atomic E-state index is -0.171. The van der Waals surface area contributed by atoms with Gasteiger partial charge in [-0.3, -0.25) is 4.90 Å². The molecule has 4 nitrogen and oxygen atoms in total. The van der Waals surface area contributed by atoms with Gasteiger partial charge < -0.3 is 14.2 Å². The van der Waals surface area contributed by atoms with E-state index in [2.05, 4.69) is 18.7 Å². The van der Waals surface area contributed by atoms with Crippen LogP contribution in [0.1, 0.15) is 33.1 Å². The Bertz CT molecular complexity index is 485. The van der Waals surface area contributed by atoms with Crippen molar-refractivity contribution in [2.45, 2.75) is 45.4 Å². The van der Waals surface area contributed by atoms with Crippen molar-refractivity contribution in [3.8, 4) is 11.5 Å². The summed E-state index contributed by atoms with van der Waals surface area (Å²) >= 11 is 0. The Labute approximate surface area is 198 Å². The molecule has 23 heavy (non-hydrogen) atoms. The summed E-state index contributed by atoms with van der Waals surface area (Å²) in [6, 6.07) is 8.52. The second-order valence-electron chi connectivity index (χ2n) is 6.38. The fourth-order valence-electron chi connectivity index (χ4n) is 3.11. The number of hydrogen-bond acceptors (Lipinski definition) is 4. The molecule has 0 bridgehead atoms. The molecule has 5 heteroatoms. The predicted molar refractivity (Wildman–Crippen MR) is 85.8 cm³/mol. The van der Waals surface area contributed by atoms with Gasteiger partial charge in [0, 0.05) is 18.7 Å². The Kier molecular flexibility index (Phi) is 8.80. The molecule has 2 aliphatic heterocycles. The van der Waals surface area contributed by atoms with Gasteiger partial charge in [0.05, 0.1) is 0 Å². The summed E-state index contributed by atoms with van der Waals surface area (Å²) in [4.78, 5) is 2.49. The van der Waals surface area contributed by atoms with Crippen LogP contribution in [0.25, 0.3) is 0 Å². The SMILES string of the molecule is CC1CCCN1CCOc1cccc(OC2C[C@@H](C)[CH-]O2)c1.[Cs+]. The van der Waals surface area contributed by atoms with E-state index in [1.165, 1.54) is 19.4 Å². The van der Waals surface area contributed by atoms with E-state index in [1.54, 1.807) is 0 Å². The van der Waals surface area contributed by atoms with E-state index in [0.717, 1.165) is 31.1 Å². The van der Waals surface area contributed by atoms with Crippen LogP contribution in [0.5, 0.6) is 11.5 Å². The number of hydrogen-bond donors (Lipinski definition) is 0. The third-order valence-corrected chi connectivity index (χ3v) is 4.44. The van der Waals surface area contributed by atoms with E-state index in [9.17, 15) is 0 Å². The van der Waals surface area contributed by atoms with Crippen LogP contribution in [0.4, 0.5) is 0 Å². The monoisotopic (exact) mass is 437 g/mol. The fourth-order valence-corrected chi connectivity index (χ4v) is 3.11. The minimum Gasteiger partial charge on any atom is -0.520 e. The summed E-state index contributed by atoms with van der Waals surface area (Å²) in [6.07, 6.45) is 3.34. The Hall–Kier alpha value is 0.792. The topological polar surface area (TPSA) is 30.9 Å². The van der Waals surface area contributed by atoms with Crippen molar-refractivity contribution in [2.75, 3.05) is 19.7 Å². The maximum Gasteiger partial charge on any atom is 1.00 e. The number of rotatable bonds is 6. The van der Waals surface area contributed by atoms with E-state index >= 15 is 0 Å². The van der Waals surface area contributed by atoms with Gasteiger partial charge in [0.15, 0.2) is 6.29 Å². The number of likely N-dealkylation sites (tertiary alicyclic amines) is 1. The van der Waals surface area contributed by atoms with Crippen molar-refractivity contribution >= 4 is 0 Å². The molecule has 2 saturated heterocycles. The molecule has 0 aliphatic carbocycles. The van der Waals surface area contributed by atoms with Crippen LogP contribution in [0.2, 0.25) is 0 Å². The molecule has 122 valence electrons. The van der Waals surface area contributed by atoms with Crippen molar-refractivity contribution in [3.63, 3.8) is 0 Å². The van der Waals surface area contributed by atoms with E-state index in [-0.39, 0.29) is 75.2 Å². The van der Waals surface area contributed by atoms with Crippen molar-refractivity contribution in [2.24, 2.45) is 5.92 Å². The van der Waals surface area contributed by atoms with Crippen LogP contribution in [0.3, 0.4) is 0 Å². The van der Waals surface area contributed by atoms with Crippen molar-refractivity contribution < 1.29 is 83.1 Å². The van der Waals surface area contributed by atoms with Gasteiger partial charge in [-0.1, -0.05) is 13.0 Å². The molecule has 0 radical (unpaired) electrons. The first-order chi connectivity index (χ1) is 10.7. The molecular formula is C18H26CsNO3. The molecular weight excluding hydrogens is 411 g/mol. The third-order valence-electron chi connectivity index (χ3n) is 4.44. The first-order valence-corrected chi connectivity index (χ1v) is 8.33. The molecule has 2 fully saturated rings. The van der Waals surface area contributed by atoms with Crippen LogP contribution in [0, 0.1) is 12.5 Å². The Morgan fingerprint density at radius 3 is 2.83 bits per heavy atom. The molecule has 0 spiro atoms. The molecule has 2 aliphatic rings. The van der Waals surface area contributed by atoms with Gasteiger partial charge in [0.2, 0.25) is 0 Å². The third kappa shape index (κ3) is 6.22. The van der Waals surface area contributed by atoms with Gasteiger partial charge in [-0.2, -0.15) is 0 Å². The smallest absolute Gasteiger partial charge is 0.520 e. The van der Waals surface area contributed by atoms with E-state index in [0.29, 0.717) is 12.0 Å². The number of nitrogens with zero attached hydrogens (tertiary/aromatic N) is 1. The molecule has 2 unspecified atom stereocenters. The molecule has 0 saturated carbocycles. The van der Waals surface area contributed by atoms with Gasteiger partial charge in [-0.15, -0.1) is 5.92 Å². The summed E-state index contributed by atoms with van der Waals surface area (Å²) in [5.74, 6) is 2.12. The average molecular weight is 437 g/mol. The van der Waals surface area contributed by atoms with Gasteiger partial charge in [-0.25, -0.2) is 6.61 Å². The van der Waals surface area contributed by atoms with Crippen molar-refractivity contribution in [1.29, 1.82) is 0 Å². The van der Waals surface area contributed by atoms with Crippen LogP contribution in [0.15, 0.2) is 24.3 Å². The Morgan fingerprint density at radius 2 is 2.13 bits per heavy atom. The minimum absolute atomic E-state index is 0. The number of ether oxygens (including phenoxy) is 3. The molecule has 3 atom stereocenters. The second kappa shape index (κ2) is 10.1. The Balaban J connectivity index is 0.00000192. The first kappa shape index (κ1) is 20.1. The zero-order chi connectivity index (χ0) is 15.4. The molecule has 0 aromatic heterocycles. The largest absolute Gasteiger partial charge is 1.00 e. The zero-order valence-corrected chi connectivity index (χ0v) is 20.8. The second-order valence-corrected chi connectivity index (χ2v) is 6.38. The Morgan fingerprint density at radius 1 is 1.30 bits per heavy atom. The fraction of sp³-hybridized carbons (Fsp3) is 0.611. The summed E-state index contributed by atoms with van der Waals surface area (Å²) in [7, 11) is 0. The van der Waals surface area contributed by atoms with Crippen LogP contribution in [-0.2, 0) is 4.74 Å². The maximum absolute atomic E-state index is 5.87. The maximum atomic E-state index is 5.87. The van der Waals surface area contributed by atoms with E-state index in [4.69, 9.17) is 14.2 Å².